The molecule has 0 aliphatic heterocycles. The summed E-state index contributed by atoms with van der Waals surface area (Å²) >= 11 is 0. The van der Waals surface area contributed by atoms with E-state index in [1.54, 1.807) is 0 Å². The molecule has 1 N–H and O–H groups in total. The van der Waals surface area contributed by atoms with Crippen LogP contribution in [0, 0.1) is 0 Å². The van der Waals surface area contributed by atoms with Gasteiger partial charge in [-0.2, -0.15) is 8.42 Å². The van der Waals surface area contributed by atoms with E-state index in [4.69, 9.17) is 13.0 Å². The van der Waals surface area contributed by atoms with E-state index in [1.165, 1.54) is 64.2 Å². The van der Waals surface area contributed by atoms with Crippen LogP contribution < -0.4 is 0 Å². The molecule has 5 heteroatoms. The van der Waals surface area contributed by atoms with Crippen LogP contribution in [0.3, 0.4) is 0 Å². The van der Waals surface area contributed by atoms with Gasteiger partial charge in [0.2, 0.25) is 0 Å². The normalized spacial score (nSPS) is 10.8. The minimum absolute atomic E-state index is 1.37. The van der Waals surface area contributed by atoms with Crippen LogP contribution in [0.15, 0.2) is 0 Å². The molecule has 0 spiro atoms. The van der Waals surface area contributed by atoms with Crippen molar-refractivity contribution < 1.29 is 13.0 Å². The van der Waals surface area contributed by atoms with Gasteiger partial charge in [0.25, 0.3) is 0 Å². The summed E-state index contributed by atoms with van der Waals surface area (Å²) in [6.45, 7) is 4.56. The Morgan fingerprint density at radius 3 is 1.12 bits per heavy atom. The summed E-state index contributed by atoms with van der Waals surface area (Å²) in [6.07, 6.45) is 14.4. The third kappa shape index (κ3) is 38.6. The number of halogens is 1. The lowest BCUT2D eigenvalue weighted by atomic mass is 10.1. The number of rotatable bonds is 9. The highest BCUT2D eigenvalue weighted by molar-refractivity contribution is 8.09. The Morgan fingerprint density at radius 2 is 0.941 bits per heavy atom. The lowest BCUT2D eigenvalue weighted by Crippen LogP contribution is -1.80. The molecule has 0 saturated heterocycles. The number of hydrogen-bond donors (Lipinski definition) is 1. The zero-order valence-corrected chi connectivity index (χ0v) is 12.7. The molecule has 106 valence electrons. The third-order valence-electron chi connectivity index (χ3n) is 2.46. The van der Waals surface area contributed by atoms with Gasteiger partial charge in [0.15, 0.2) is 0 Å². The highest BCUT2D eigenvalue weighted by Gasteiger charge is 1.90. The summed E-state index contributed by atoms with van der Waals surface area (Å²) in [7, 11) is -0.137. The van der Waals surface area contributed by atoms with Crippen LogP contribution in [-0.4, -0.2) is 13.0 Å². The zero-order valence-electron chi connectivity index (χ0n) is 11.1. The largest absolute Gasteiger partial charge is 0.353 e. The second-order valence-electron chi connectivity index (χ2n) is 4.24. The Balaban J connectivity index is 0. The van der Waals surface area contributed by atoms with Crippen molar-refractivity contribution in [2.45, 2.75) is 78.1 Å². The number of unbranched alkanes of at least 4 members (excludes halogenated alkanes) is 9. The molecule has 0 unspecified atom stereocenters. The SMILES string of the molecule is CCCCCCCCCCCC.O=S(=O)(O)Cl. The molecule has 0 fully saturated rings. The highest BCUT2D eigenvalue weighted by atomic mass is 35.7. The average Bonchev–Trinajstić information content (AvgIpc) is 2.20. The van der Waals surface area contributed by atoms with Crippen molar-refractivity contribution in [1.29, 1.82) is 0 Å². The van der Waals surface area contributed by atoms with Crippen molar-refractivity contribution in [3.63, 3.8) is 0 Å². The molecule has 0 saturated carbocycles. The topological polar surface area (TPSA) is 54.4 Å². The first-order chi connectivity index (χ1) is 7.91. The molecule has 0 rings (SSSR count). The van der Waals surface area contributed by atoms with E-state index in [2.05, 4.69) is 24.5 Å². The Kier molecular flexibility index (Phi) is 16.4. The Bertz CT molecular complexity index is 210. The quantitative estimate of drug-likeness (QED) is 0.370. The summed E-state index contributed by atoms with van der Waals surface area (Å²) in [5, 5.41) is 0. The minimum atomic E-state index is -4.19. The van der Waals surface area contributed by atoms with Crippen LogP contribution in [0.4, 0.5) is 0 Å². The van der Waals surface area contributed by atoms with E-state index < -0.39 is 9.33 Å². The fourth-order valence-corrected chi connectivity index (χ4v) is 1.56. The molecule has 0 heterocycles. The summed E-state index contributed by atoms with van der Waals surface area (Å²) in [4.78, 5) is 0. The minimum Gasteiger partial charge on any atom is -0.273 e. The second-order valence-corrected chi connectivity index (χ2v) is 6.23. The van der Waals surface area contributed by atoms with Crippen LogP contribution in [-0.2, 0) is 9.33 Å². The van der Waals surface area contributed by atoms with Gasteiger partial charge < -0.3 is 0 Å². The first-order valence-corrected chi connectivity index (χ1v) is 8.85. The van der Waals surface area contributed by atoms with Crippen molar-refractivity contribution in [1.82, 2.24) is 0 Å². The molecule has 17 heavy (non-hydrogen) atoms. The van der Waals surface area contributed by atoms with Crippen molar-refractivity contribution in [3.8, 4) is 0 Å². The van der Waals surface area contributed by atoms with Gasteiger partial charge in [-0.3, -0.25) is 4.55 Å². The fourth-order valence-electron chi connectivity index (χ4n) is 1.56. The molecule has 0 aliphatic rings. The second kappa shape index (κ2) is 14.3. The Morgan fingerprint density at radius 1 is 0.765 bits per heavy atom. The van der Waals surface area contributed by atoms with Gasteiger partial charge in [-0.25, -0.2) is 0 Å². The summed E-state index contributed by atoms with van der Waals surface area (Å²) in [6, 6.07) is 0. The maximum Gasteiger partial charge on any atom is 0.353 e. The smallest absolute Gasteiger partial charge is 0.273 e. The molecule has 3 nitrogen and oxygen atoms in total. The Labute approximate surface area is 111 Å². The molecule has 0 amide bonds. The van der Waals surface area contributed by atoms with Crippen LogP contribution in [0.25, 0.3) is 0 Å². The van der Waals surface area contributed by atoms with Crippen LogP contribution in [0.1, 0.15) is 78.1 Å². The van der Waals surface area contributed by atoms with Gasteiger partial charge in [0, 0.05) is 10.7 Å². The van der Waals surface area contributed by atoms with E-state index in [-0.39, 0.29) is 0 Å². The van der Waals surface area contributed by atoms with Gasteiger partial charge in [-0.1, -0.05) is 78.1 Å². The Hall–Kier alpha value is 0.200. The monoisotopic (exact) mass is 286 g/mol. The average molecular weight is 287 g/mol. The van der Waals surface area contributed by atoms with Gasteiger partial charge >= 0.3 is 9.33 Å². The van der Waals surface area contributed by atoms with Gasteiger partial charge in [-0.15, -0.1) is 0 Å². The number of hydrogen-bond acceptors (Lipinski definition) is 2. The highest BCUT2D eigenvalue weighted by Crippen LogP contribution is 2.09. The standard InChI is InChI=1S/C12H26.ClHO3S/c1-3-5-7-9-11-12-10-8-6-4-2;1-5(2,3)4/h3-12H2,1-2H3;(H,2,3,4). The lowest BCUT2D eigenvalue weighted by molar-refractivity contribution is 0.501. The maximum atomic E-state index is 8.95. The third-order valence-corrected chi connectivity index (χ3v) is 2.46. The summed E-state index contributed by atoms with van der Waals surface area (Å²) in [5.41, 5.74) is 0. The molecular weight excluding hydrogens is 260 g/mol. The van der Waals surface area contributed by atoms with Crippen molar-refractivity contribution >= 4 is 20.0 Å². The van der Waals surface area contributed by atoms with Gasteiger partial charge in [0.05, 0.1) is 0 Å². The molecular formula is C12H27ClO3S. The van der Waals surface area contributed by atoms with Crippen LogP contribution in [0.2, 0.25) is 0 Å². The first kappa shape index (κ1) is 19.5. The zero-order chi connectivity index (χ0) is 13.6. The molecule has 0 atom stereocenters. The molecule has 0 aliphatic carbocycles. The van der Waals surface area contributed by atoms with Crippen LogP contribution >= 0.6 is 10.7 Å². The van der Waals surface area contributed by atoms with E-state index in [1.807, 2.05) is 0 Å². The first-order valence-electron chi connectivity index (χ1n) is 6.58. The fraction of sp³-hybridized carbons (Fsp3) is 1.00. The maximum absolute atomic E-state index is 8.95. The molecule has 0 aromatic carbocycles. The van der Waals surface area contributed by atoms with E-state index >= 15 is 0 Å². The predicted octanol–water partition coefficient (Wildman–Crippen LogP) is 4.96. The van der Waals surface area contributed by atoms with Crippen LogP contribution in [0.5, 0.6) is 0 Å². The summed E-state index contributed by atoms with van der Waals surface area (Å²) in [5.74, 6) is 0. The van der Waals surface area contributed by atoms with E-state index in [9.17, 15) is 0 Å². The van der Waals surface area contributed by atoms with Crippen molar-refractivity contribution in [2.75, 3.05) is 0 Å². The molecule has 0 bridgehead atoms. The van der Waals surface area contributed by atoms with Gasteiger partial charge in [-0.05, 0) is 0 Å². The van der Waals surface area contributed by atoms with Crippen molar-refractivity contribution in [3.05, 3.63) is 0 Å². The molecule has 0 radical (unpaired) electrons. The van der Waals surface area contributed by atoms with E-state index in [0.29, 0.717) is 0 Å². The summed E-state index contributed by atoms with van der Waals surface area (Å²) < 4.78 is 25.2. The lowest BCUT2D eigenvalue weighted by Gasteiger charge is -1.99. The van der Waals surface area contributed by atoms with Gasteiger partial charge in [0.1, 0.15) is 0 Å². The van der Waals surface area contributed by atoms with E-state index in [0.717, 1.165) is 0 Å². The predicted molar refractivity (Wildman–Crippen MR) is 74.9 cm³/mol. The molecule has 0 aromatic rings. The van der Waals surface area contributed by atoms with Crippen molar-refractivity contribution in [2.24, 2.45) is 0 Å². The molecule has 0 aromatic heterocycles.